The van der Waals surface area contributed by atoms with Crippen molar-refractivity contribution in [3.63, 3.8) is 0 Å². The summed E-state index contributed by atoms with van der Waals surface area (Å²) in [5.41, 5.74) is 5.94. The summed E-state index contributed by atoms with van der Waals surface area (Å²) >= 11 is 0. The van der Waals surface area contributed by atoms with Crippen LogP contribution in [-0.4, -0.2) is 55.7 Å². The van der Waals surface area contributed by atoms with E-state index in [1.165, 1.54) is 6.42 Å². The second-order valence-corrected chi connectivity index (χ2v) is 7.05. The number of halogens is 2. The zero-order valence-electron chi connectivity index (χ0n) is 14.3. The van der Waals surface area contributed by atoms with Gasteiger partial charge in [0.25, 0.3) is 0 Å². The Morgan fingerprint density at radius 3 is 2.43 bits per heavy atom. The lowest BCUT2D eigenvalue weighted by Gasteiger charge is -2.34. The summed E-state index contributed by atoms with van der Waals surface area (Å²) in [6.07, 6.45) is 4.02. The molecule has 2 aliphatic rings. The van der Waals surface area contributed by atoms with E-state index in [1.807, 2.05) is 0 Å². The van der Waals surface area contributed by atoms with Gasteiger partial charge in [0, 0.05) is 32.3 Å². The number of ether oxygens (including phenoxy) is 1. The average Bonchev–Trinajstić information content (AvgIpc) is 2.93. The van der Waals surface area contributed by atoms with E-state index in [4.69, 9.17) is 10.5 Å². The molecule has 0 radical (unpaired) electrons. The standard InChI is InChI=1S/C16H31N3O2.2ClH/c1-12(2)9-15(17)16(20)18-14-3-6-19(7-4-14)10-13-5-8-21-11-13;;/h12-15H,3-11,17H2,1-2H3,(H,18,20);2*1H/t13?,15-;;/m0../s1. The van der Waals surface area contributed by atoms with E-state index in [2.05, 4.69) is 24.1 Å². The Kier molecular flexibility index (Phi) is 11.4. The van der Waals surface area contributed by atoms with Gasteiger partial charge in [0.2, 0.25) is 5.91 Å². The SMILES string of the molecule is CC(C)C[C@H](N)C(=O)NC1CCN(CC2CCOC2)CC1.Cl.Cl. The van der Waals surface area contributed by atoms with Crippen molar-refractivity contribution in [2.75, 3.05) is 32.8 Å². The Hall–Kier alpha value is -0.0700. The fourth-order valence-corrected chi connectivity index (χ4v) is 3.28. The molecule has 1 unspecified atom stereocenters. The van der Waals surface area contributed by atoms with Gasteiger partial charge in [-0.25, -0.2) is 0 Å². The van der Waals surface area contributed by atoms with Crippen LogP contribution in [0.4, 0.5) is 0 Å². The number of piperidine rings is 1. The van der Waals surface area contributed by atoms with Crippen LogP contribution in [0.25, 0.3) is 0 Å². The number of nitrogens with one attached hydrogen (secondary N) is 1. The van der Waals surface area contributed by atoms with E-state index in [0.29, 0.717) is 17.9 Å². The molecule has 23 heavy (non-hydrogen) atoms. The molecule has 138 valence electrons. The molecule has 2 rings (SSSR count). The van der Waals surface area contributed by atoms with E-state index in [9.17, 15) is 4.79 Å². The molecule has 2 aliphatic heterocycles. The lowest BCUT2D eigenvalue weighted by molar-refractivity contribution is -0.123. The van der Waals surface area contributed by atoms with Crippen molar-refractivity contribution in [1.82, 2.24) is 10.2 Å². The van der Waals surface area contributed by atoms with Crippen LogP contribution < -0.4 is 11.1 Å². The van der Waals surface area contributed by atoms with Crippen molar-refractivity contribution >= 4 is 30.7 Å². The number of nitrogens with two attached hydrogens (primary N) is 1. The maximum atomic E-state index is 12.0. The highest BCUT2D eigenvalue weighted by atomic mass is 35.5. The second kappa shape index (κ2) is 11.5. The Bertz CT molecular complexity index is 331. The molecule has 7 heteroatoms. The molecule has 0 spiro atoms. The van der Waals surface area contributed by atoms with Gasteiger partial charge in [-0.05, 0) is 37.5 Å². The first-order chi connectivity index (χ1) is 10.0. The third-order valence-electron chi connectivity index (χ3n) is 4.54. The van der Waals surface area contributed by atoms with Crippen LogP contribution in [0.1, 0.15) is 39.5 Å². The van der Waals surface area contributed by atoms with Gasteiger partial charge in [0.15, 0.2) is 0 Å². The summed E-state index contributed by atoms with van der Waals surface area (Å²) in [6, 6.07) is -0.0644. The minimum atomic E-state index is -0.362. The largest absolute Gasteiger partial charge is 0.381 e. The van der Waals surface area contributed by atoms with E-state index >= 15 is 0 Å². The van der Waals surface area contributed by atoms with Crippen molar-refractivity contribution in [3.05, 3.63) is 0 Å². The molecule has 0 aromatic rings. The van der Waals surface area contributed by atoms with Gasteiger partial charge in [0.05, 0.1) is 12.6 Å². The van der Waals surface area contributed by atoms with Crippen LogP contribution in [0.15, 0.2) is 0 Å². The highest BCUT2D eigenvalue weighted by molar-refractivity contribution is 5.85. The first kappa shape index (κ1) is 22.9. The fraction of sp³-hybridized carbons (Fsp3) is 0.938. The third-order valence-corrected chi connectivity index (χ3v) is 4.54. The lowest BCUT2D eigenvalue weighted by atomic mass is 10.0. The van der Waals surface area contributed by atoms with Crippen LogP contribution in [0.2, 0.25) is 0 Å². The lowest BCUT2D eigenvalue weighted by Crippen LogP contribution is -2.50. The Balaban J connectivity index is 0.00000242. The Morgan fingerprint density at radius 1 is 1.26 bits per heavy atom. The molecule has 0 bridgehead atoms. The van der Waals surface area contributed by atoms with Gasteiger partial charge in [-0.2, -0.15) is 0 Å². The normalized spacial score (nSPS) is 23.9. The Labute approximate surface area is 152 Å². The number of nitrogens with zero attached hydrogens (tertiary/aromatic N) is 1. The molecule has 0 aromatic carbocycles. The van der Waals surface area contributed by atoms with Gasteiger partial charge >= 0.3 is 0 Å². The summed E-state index contributed by atoms with van der Waals surface area (Å²) in [4.78, 5) is 14.6. The second-order valence-electron chi connectivity index (χ2n) is 7.05. The van der Waals surface area contributed by atoms with Crippen molar-refractivity contribution in [1.29, 1.82) is 0 Å². The molecule has 3 N–H and O–H groups in total. The number of rotatable bonds is 6. The highest BCUT2D eigenvalue weighted by Gasteiger charge is 2.25. The van der Waals surface area contributed by atoms with Crippen LogP contribution in [0.3, 0.4) is 0 Å². The zero-order chi connectivity index (χ0) is 15.2. The first-order valence-corrected chi connectivity index (χ1v) is 8.40. The molecule has 0 aromatic heterocycles. The molecule has 2 heterocycles. The third kappa shape index (κ3) is 8.03. The van der Waals surface area contributed by atoms with E-state index < -0.39 is 0 Å². The van der Waals surface area contributed by atoms with Crippen LogP contribution in [0.5, 0.6) is 0 Å². The number of hydrogen-bond acceptors (Lipinski definition) is 4. The number of carbonyl (C=O) groups excluding carboxylic acids is 1. The zero-order valence-corrected chi connectivity index (χ0v) is 16.0. The van der Waals surface area contributed by atoms with Crippen LogP contribution in [-0.2, 0) is 9.53 Å². The minimum absolute atomic E-state index is 0. The number of likely N-dealkylation sites (tertiary alicyclic amines) is 1. The quantitative estimate of drug-likeness (QED) is 0.749. The summed E-state index contributed by atoms with van der Waals surface area (Å²) in [5, 5.41) is 3.12. The monoisotopic (exact) mass is 369 g/mol. The number of hydrogen-bond donors (Lipinski definition) is 2. The van der Waals surface area contributed by atoms with Gasteiger partial charge in [-0.3, -0.25) is 4.79 Å². The summed E-state index contributed by atoms with van der Waals surface area (Å²) in [6.45, 7) is 9.32. The predicted octanol–water partition coefficient (Wildman–Crippen LogP) is 1.82. The Morgan fingerprint density at radius 2 is 1.91 bits per heavy atom. The van der Waals surface area contributed by atoms with Crippen molar-refractivity contribution in [3.8, 4) is 0 Å². The molecule has 0 aliphatic carbocycles. The molecular weight excluding hydrogens is 337 g/mol. The van der Waals surface area contributed by atoms with E-state index in [1.54, 1.807) is 0 Å². The van der Waals surface area contributed by atoms with Crippen molar-refractivity contribution < 1.29 is 9.53 Å². The van der Waals surface area contributed by atoms with Gasteiger partial charge in [-0.1, -0.05) is 13.8 Å². The molecule has 2 atom stereocenters. The molecular formula is C16H33Cl2N3O2. The fourth-order valence-electron chi connectivity index (χ4n) is 3.28. The molecule has 2 saturated heterocycles. The number of amides is 1. The molecule has 0 saturated carbocycles. The first-order valence-electron chi connectivity index (χ1n) is 8.40. The molecule has 1 amide bonds. The topological polar surface area (TPSA) is 67.6 Å². The van der Waals surface area contributed by atoms with Crippen LogP contribution >= 0.6 is 24.8 Å². The highest BCUT2D eigenvalue weighted by Crippen LogP contribution is 2.17. The molecule has 5 nitrogen and oxygen atoms in total. The average molecular weight is 370 g/mol. The predicted molar refractivity (Wildman–Crippen MR) is 98.5 cm³/mol. The summed E-state index contributed by atoms with van der Waals surface area (Å²) in [7, 11) is 0. The van der Waals surface area contributed by atoms with Crippen molar-refractivity contribution in [2.45, 2.75) is 51.6 Å². The van der Waals surface area contributed by atoms with Crippen molar-refractivity contribution in [2.24, 2.45) is 17.6 Å². The van der Waals surface area contributed by atoms with Crippen LogP contribution in [0, 0.1) is 11.8 Å². The molecule has 2 fully saturated rings. The van der Waals surface area contributed by atoms with Gasteiger partial charge in [-0.15, -0.1) is 24.8 Å². The number of carbonyl (C=O) groups is 1. The minimum Gasteiger partial charge on any atom is -0.381 e. The summed E-state index contributed by atoms with van der Waals surface area (Å²) in [5.74, 6) is 1.18. The smallest absolute Gasteiger partial charge is 0.237 e. The maximum Gasteiger partial charge on any atom is 0.237 e. The maximum absolute atomic E-state index is 12.0. The van der Waals surface area contributed by atoms with Gasteiger partial charge < -0.3 is 20.7 Å². The summed E-state index contributed by atoms with van der Waals surface area (Å²) < 4.78 is 5.43. The van der Waals surface area contributed by atoms with E-state index in [0.717, 1.165) is 52.1 Å². The van der Waals surface area contributed by atoms with E-state index in [-0.39, 0.29) is 36.8 Å². The van der Waals surface area contributed by atoms with Gasteiger partial charge in [0.1, 0.15) is 0 Å².